The number of amides is 1. The Morgan fingerprint density at radius 3 is 2.35 bits per heavy atom. The number of hydrogen-bond donors (Lipinski definition) is 1. The summed E-state index contributed by atoms with van der Waals surface area (Å²) < 4.78 is 0. The molecule has 1 saturated heterocycles. The van der Waals surface area contributed by atoms with E-state index in [0.29, 0.717) is 22.9 Å². The van der Waals surface area contributed by atoms with Crippen LogP contribution in [0, 0.1) is 11.3 Å². The highest BCUT2D eigenvalue weighted by Gasteiger charge is 2.52. The lowest BCUT2D eigenvalue weighted by atomic mass is 9.66. The van der Waals surface area contributed by atoms with E-state index in [9.17, 15) is 9.90 Å². The van der Waals surface area contributed by atoms with Gasteiger partial charge in [0.05, 0.1) is 17.1 Å². The number of rotatable bonds is 8. The molecule has 1 N–H and O–H groups in total. The molecule has 0 saturated carbocycles. The normalized spacial score (nSPS) is 25.2. The predicted molar refractivity (Wildman–Crippen MR) is 142 cm³/mol. The molecule has 5 heteroatoms. The summed E-state index contributed by atoms with van der Waals surface area (Å²) in [7, 11) is 0. The molecule has 2 aromatic rings. The molecule has 1 aliphatic heterocycles. The Labute approximate surface area is 214 Å². The van der Waals surface area contributed by atoms with E-state index >= 15 is 0 Å². The zero-order valence-electron chi connectivity index (χ0n) is 20.9. The third kappa shape index (κ3) is 5.37. The fraction of sp³-hybridized carbons (Fsp3) is 0.483. The van der Waals surface area contributed by atoms with E-state index in [0.717, 1.165) is 17.5 Å². The van der Waals surface area contributed by atoms with Crippen molar-refractivity contribution in [3.63, 3.8) is 0 Å². The predicted octanol–water partition coefficient (Wildman–Crippen LogP) is 7.82. The van der Waals surface area contributed by atoms with Gasteiger partial charge in [-0.3, -0.25) is 4.79 Å². The van der Waals surface area contributed by atoms with Crippen LogP contribution < -0.4 is 0 Å². The first kappa shape index (κ1) is 26.8. The van der Waals surface area contributed by atoms with Gasteiger partial charge in [-0.15, -0.1) is 6.58 Å². The van der Waals surface area contributed by atoms with E-state index in [1.54, 1.807) is 0 Å². The monoisotopic (exact) mass is 501 g/mol. The third-order valence-corrected chi connectivity index (χ3v) is 8.14. The minimum absolute atomic E-state index is 0.0191. The summed E-state index contributed by atoms with van der Waals surface area (Å²) in [5, 5.41) is 12.3. The van der Waals surface area contributed by atoms with Crippen LogP contribution in [0.25, 0.3) is 0 Å². The second-order valence-electron chi connectivity index (χ2n) is 10.5. The van der Waals surface area contributed by atoms with Crippen LogP contribution >= 0.6 is 23.2 Å². The molecule has 1 heterocycles. The van der Waals surface area contributed by atoms with E-state index in [-0.39, 0.29) is 29.8 Å². The zero-order valence-corrected chi connectivity index (χ0v) is 22.4. The molecule has 3 nitrogen and oxygen atoms in total. The number of allylic oxidation sites excluding steroid dienone is 1. The largest absolute Gasteiger partial charge is 0.390 e. The van der Waals surface area contributed by atoms with Crippen molar-refractivity contribution in [2.75, 3.05) is 0 Å². The van der Waals surface area contributed by atoms with Gasteiger partial charge in [0.2, 0.25) is 5.91 Å². The standard InChI is InChI=1S/C29H37Cl2NO2/c1-7-16-29(6)18-24(21-10-9-11-23(31)17-21)26(20-12-14-22(30)15-13-20)32(27(29)33)25(8-2)19(3)28(4,5)34/h7,9-15,17,19,24-26,34H,1,8,16,18H2,2-6H3/t19-,24-,25?,26?,29+/m1/s1. The van der Waals surface area contributed by atoms with E-state index in [2.05, 4.69) is 24.5 Å². The van der Waals surface area contributed by atoms with Crippen molar-refractivity contribution in [1.29, 1.82) is 0 Å². The third-order valence-electron chi connectivity index (χ3n) is 7.65. The van der Waals surface area contributed by atoms with Gasteiger partial charge in [-0.1, -0.05) is 74.3 Å². The summed E-state index contributed by atoms with van der Waals surface area (Å²) in [5.74, 6) is -0.0125. The number of piperidine rings is 1. The van der Waals surface area contributed by atoms with Gasteiger partial charge < -0.3 is 10.0 Å². The number of carbonyl (C=O) groups excluding carboxylic acids is 1. The maximum absolute atomic E-state index is 14.3. The molecule has 184 valence electrons. The SMILES string of the molecule is C=CC[C@@]1(C)C[C@H](c2cccc(Cl)c2)C(c2ccc(Cl)cc2)N(C(CC)[C@@H](C)C(C)(C)O)C1=O. The number of hydrogen-bond acceptors (Lipinski definition) is 2. The molecule has 1 fully saturated rings. The second kappa shape index (κ2) is 10.4. The van der Waals surface area contributed by atoms with Crippen molar-refractivity contribution >= 4 is 29.1 Å². The smallest absolute Gasteiger partial charge is 0.229 e. The van der Waals surface area contributed by atoms with E-state index in [4.69, 9.17) is 23.2 Å². The molecular weight excluding hydrogens is 465 g/mol. The average Bonchev–Trinajstić information content (AvgIpc) is 2.77. The molecule has 1 amide bonds. The number of carbonyl (C=O) groups is 1. The van der Waals surface area contributed by atoms with Crippen molar-refractivity contribution in [3.05, 3.63) is 82.4 Å². The Kier molecular flexibility index (Phi) is 8.22. The van der Waals surface area contributed by atoms with E-state index < -0.39 is 11.0 Å². The Morgan fingerprint density at radius 2 is 1.82 bits per heavy atom. The Morgan fingerprint density at radius 1 is 1.18 bits per heavy atom. The van der Waals surface area contributed by atoms with Crippen LogP contribution in [0.4, 0.5) is 0 Å². The minimum atomic E-state index is -0.941. The van der Waals surface area contributed by atoms with Crippen LogP contribution in [0.2, 0.25) is 10.0 Å². The van der Waals surface area contributed by atoms with Crippen molar-refractivity contribution in [2.24, 2.45) is 11.3 Å². The molecule has 0 radical (unpaired) electrons. The molecule has 0 bridgehead atoms. The highest BCUT2D eigenvalue weighted by atomic mass is 35.5. The van der Waals surface area contributed by atoms with Gasteiger partial charge in [0.25, 0.3) is 0 Å². The first-order valence-corrected chi connectivity index (χ1v) is 12.9. The summed E-state index contributed by atoms with van der Waals surface area (Å²) in [6, 6.07) is 15.4. The van der Waals surface area contributed by atoms with Gasteiger partial charge in [-0.05, 0) is 68.5 Å². The van der Waals surface area contributed by atoms with Gasteiger partial charge >= 0.3 is 0 Å². The van der Waals surface area contributed by atoms with E-state index in [1.165, 1.54) is 0 Å². The molecular formula is C29H37Cl2NO2. The summed E-state index contributed by atoms with van der Waals surface area (Å²) in [4.78, 5) is 16.4. The highest BCUT2D eigenvalue weighted by molar-refractivity contribution is 6.30. The molecule has 0 aliphatic carbocycles. The van der Waals surface area contributed by atoms with E-state index in [1.807, 2.05) is 76.2 Å². The summed E-state index contributed by atoms with van der Waals surface area (Å²) in [5.41, 5.74) is 0.587. The van der Waals surface area contributed by atoms with Gasteiger partial charge in [0.15, 0.2) is 0 Å². The second-order valence-corrected chi connectivity index (χ2v) is 11.4. The van der Waals surface area contributed by atoms with Crippen molar-refractivity contribution < 1.29 is 9.90 Å². The van der Waals surface area contributed by atoms with Crippen LogP contribution in [0.15, 0.2) is 61.2 Å². The van der Waals surface area contributed by atoms with Crippen LogP contribution in [-0.2, 0) is 4.79 Å². The van der Waals surface area contributed by atoms with Gasteiger partial charge in [-0.25, -0.2) is 0 Å². The average molecular weight is 503 g/mol. The van der Waals surface area contributed by atoms with Crippen molar-refractivity contribution in [2.45, 2.75) is 77.5 Å². The summed E-state index contributed by atoms with van der Waals surface area (Å²) in [6.07, 6.45) is 3.83. The molecule has 34 heavy (non-hydrogen) atoms. The Balaban J connectivity index is 2.27. The molecule has 3 rings (SSSR count). The molecule has 2 unspecified atom stereocenters. The van der Waals surface area contributed by atoms with Gasteiger partial charge in [-0.2, -0.15) is 0 Å². The quantitative estimate of drug-likeness (QED) is 0.374. The Hall–Kier alpha value is -1.81. The van der Waals surface area contributed by atoms with Gasteiger partial charge in [0.1, 0.15) is 0 Å². The number of aliphatic hydroxyl groups is 1. The molecule has 0 spiro atoms. The topological polar surface area (TPSA) is 40.5 Å². The van der Waals surface area contributed by atoms with Gasteiger partial charge in [0, 0.05) is 27.9 Å². The van der Waals surface area contributed by atoms with Crippen LogP contribution in [-0.4, -0.2) is 27.6 Å². The number of likely N-dealkylation sites (tertiary alicyclic amines) is 1. The van der Waals surface area contributed by atoms with Crippen LogP contribution in [0.3, 0.4) is 0 Å². The zero-order chi connectivity index (χ0) is 25.3. The molecule has 2 aromatic carbocycles. The number of benzene rings is 2. The van der Waals surface area contributed by atoms with Crippen molar-refractivity contribution in [3.8, 4) is 0 Å². The molecule has 1 aliphatic rings. The number of nitrogens with zero attached hydrogens (tertiary/aromatic N) is 1. The lowest BCUT2D eigenvalue weighted by Crippen LogP contribution is -2.59. The maximum Gasteiger partial charge on any atom is 0.229 e. The fourth-order valence-corrected chi connectivity index (χ4v) is 5.84. The summed E-state index contributed by atoms with van der Waals surface area (Å²) >= 11 is 12.7. The molecule has 0 aromatic heterocycles. The van der Waals surface area contributed by atoms with Crippen LogP contribution in [0.5, 0.6) is 0 Å². The maximum atomic E-state index is 14.3. The fourth-order valence-electron chi connectivity index (χ4n) is 5.51. The Bertz CT molecular complexity index is 1010. The molecule has 5 atom stereocenters. The first-order chi connectivity index (χ1) is 15.9. The summed E-state index contributed by atoms with van der Waals surface area (Å²) in [6.45, 7) is 13.8. The van der Waals surface area contributed by atoms with Crippen LogP contribution in [0.1, 0.15) is 77.0 Å². The van der Waals surface area contributed by atoms with Crippen molar-refractivity contribution in [1.82, 2.24) is 4.90 Å². The lowest BCUT2D eigenvalue weighted by Gasteiger charge is -2.54. The number of halogens is 2. The minimum Gasteiger partial charge on any atom is -0.390 e. The first-order valence-electron chi connectivity index (χ1n) is 12.1. The highest BCUT2D eigenvalue weighted by Crippen LogP contribution is 2.53. The lowest BCUT2D eigenvalue weighted by molar-refractivity contribution is -0.159.